The van der Waals surface area contributed by atoms with Gasteiger partial charge >= 0.3 is 0 Å². The second kappa shape index (κ2) is 8.00. The topological polar surface area (TPSA) is 34.1 Å². The van der Waals surface area contributed by atoms with E-state index in [1.54, 1.807) is 0 Å². The van der Waals surface area contributed by atoms with E-state index < -0.39 is 0 Å². The molecule has 0 spiro atoms. The van der Waals surface area contributed by atoms with Crippen LogP contribution >= 0.6 is 11.6 Å². The lowest BCUT2D eigenvalue weighted by atomic mass is 9.85. The third-order valence-corrected chi connectivity index (χ3v) is 4.55. The third kappa shape index (κ3) is 4.86. The molecule has 0 bridgehead atoms. The van der Waals surface area contributed by atoms with Gasteiger partial charge in [-0.2, -0.15) is 0 Å². The van der Waals surface area contributed by atoms with Crippen LogP contribution in [0.1, 0.15) is 58.6 Å². The Morgan fingerprint density at radius 1 is 1.33 bits per heavy atom. The number of pyridine rings is 1. The van der Waals surface area contributed by atoms with Crippen LogP contribution in [0.5, 0.6) is 5.88 Å². The number of hydrogen-bond donors (Lipinski definition) is 1. The first-order valence-corrected chi connectivity index (χ1v) is 8.53. The number of rotatable bonds is 6. The van der Waals surface area contributed by atoms with E-state index in [2.05, 4.69) is 31.1 Å². The molecular formula is C17H27ClN2O. The second-order valence-electron chi connectivity index (χ2n) is 6.22. The minimum atomic E-state index is 0.309. The van der Waals surface area contributed by atoms with Crippen LogP contribution in [0.3, 0.4) is 0 Å². The predicted molar refractivity (Wildman–Crippen MR) is 87.9 cm³/mol. The lowest BCUT2D eigenvalue weighted by Crippen LogP contribution is -2.30. The summed E-state index contributed by atoms with van der Waals surface area (Å²) in [6.07, 6.45) is 6.49. The molecule has 2 atom stereocenters. The monoisotopic (exact) mass is 310 g/mol. The highest BCUT2D eigenvalue weighted by Gasteiger charge is 2.25. The Hall–Kier alpha value is -0.800. The molecule has 21 heavy (non-hydrogen) atoms. The van der Waals surface area contributed by atoms with Gasteiger partial charge in [0.1, 0.15) is 6.10 Å². The minimum Gasteiger partial charge on any atom is -0.474 e. The Morgan fingerprint density at radius 2 is 2.10 bits per heavy atom. The molecule has 0 amide bonds. The fraction of sp³-hybridized carbons (Fsp3) is 0.706. The van der Waals surface area contributed by atoms with E-state index in [0.717, 1.165) is 12.1 Å². The molecular weight excluding hydrogens is 284 g/mol. The van der Waals surface area contributed by atoms with Gasteiger partial charge in [-0.15, -0.1) is 0 Å². The van der Waals surface area contributed by atoms with E-state index in [-0.39, 0.29) is 0 Å². The fourth-order valence-electron chi connectivity index (χ4n) is 2.91. The fourth-order valence-corrected chi connectivity index (χ4v) is 3.08. The molecule has 118 valence electrons. The van der Waals surface area contributed by atoms with Crippen LogP contribution in [0.25, 0.3) is 0 Å². The van der Waals surface area contributed by atoms with Gasteiger partial charge in [0, 0.05) is 18.7 Å². The summed E-state index contributed by atoms with van der Waals surface area (Å²) in [6.45, 7) is 7.15. The van der Waals surface area contributed by atoms with Crippen molar-refractivity contribution in [2.75, 3.05) is 0 Å². The summed E-state index contributed by atoms with van der Waals surface area (Å²) in [6, 6.07) is 4.20. The van der Waals surface area contributed by atoms with E-state index in [4.69, 9.17) is 16.3 Å². The van der Waals surface area contributed by atoms with Crippen molar-refractivity contribution in [1.29, 1.82) is 0 Å². The molecule has 1 saturated carbocycles. The largest absolute Gasteiger partial charge is 0.474 e. The number of nitrogens with one attached hydrogen (secondary N) is 1. The molecule has 1 aliphatic rings. The maximum atomic E-state index is 6.22. The van der Waals surface area contributed by atoms with Gasteiger partial charge in [0.2, 0.25) is 5.88 Å². The highest BCUT2D eigenvalue weighted by atomic mass is 35.5. The van der Waals surface area contributed by atoms with Crippen LogP contribution in [0.2, 0.25) is 5.02 Å². The van der Waals surface area contributed by atoms with Crippen molar-refractivity contribution in [3.63, 3.8) is 0 Å². The van der Waals surface area contributed by atoms with Crippen molar-refractivity contribution in [3.8, 4) is 5.88 Å². The van der Waals surface area contributed by atoms with E-state index >= 15 is 0 Å². The molecule has 2 rings (SSSR count). The molecule has 1 heterocycles. The number of ether oxygens (including phenoxy) is 1. The van der Waals surface area contributed by atoms with Gasteiger partial charge in [0.25, 0.3) is 0 Å². The zero-order chi connectivity index (χ0) is 15.2. The second-order valence-corrected chi connectivity index (χ2v) is 6.63. The van der Waals surface area contributed by atoms with Crippen molar-refractivity contribution >= 4 is 11.6 Å². The maximum Gasteiger partial charge on any atom is 0.213 e. The summed E-state index contributed by atoms with van der Waals surface area (Å²) < 4.78 is 6.16. The van der Waals surface area contributed by atoms with Gasteiger partial charge in [-0.1, -0.05) is 38.8 Å². The molecule has 0 saturated heterocycles. The van der Waals surface area contributed by atoms with Crippen molar-refractivity contribution in [3.05, 3.63) is 22.8 Å². The quantitative estimate of drug-likeness (QED) is 0.835. The first-order chi connectivity index (χ1) is 10.1. The zero-order valence-electron chi connectivity index (χ0n) is 13.4. The molecule has 0 radical (unpaired) electrons. The Balaban J connectivity index is 2.03. The standard InChI is InChI=1S/C17H27ClN2O/c1-4-13-7-5-6-8-16(13)21-17-10-9-14(18)15(20-17)11-19-12(2)3/h9-10,12-13,16,19H,4-8,11H2,1-3H3. The minimum absolute atomic E-state index is 0.309. The number of aromatic nitrogens is 1. The molecule has 1 N–H and O–H groups in total. The number of nitrogens with zero attached hydrogens (tertiary/aromatic N) is 1. The molecule has 1 aromatic heterocycles. The van der Waals surface area contributed by atoms with Crippen molar-refractivity contribution in [1.82, 2.24) is 10.3 Å². The molecule has 0 aliphatic heterocycles. The highest BCUT2D eigenvalue weighted by molar-refractivity contribution is 6.31. The lowest BCUT2D eigenvalue weighted by Gasteiger charge is -2.30. The Bertz CT molecular complexity index is 450. The average Bonchev–Trinajstić information content (AvgIpc) is 2.48. The Morgan fingerprint density at radius 3 is 2.81 bits per heavy atom. The normalized spacial score (nSPS) is 22.5. The summed E-state index contributed by atoms with van der Waals surface area (Å²) in [5.74, 6) is 1.37. The molecule has 3 nitrogen and oxygen atoms in total. The summed E-state index contributed by atoms with van der Waals surface area (Å²) in [7, 11) is 0. The van der Waals surface area contributed by atoms with E-state index in [0.29, 0.717) is 35.5 Å². The first-order valence-electron chi connectivity index (χ1n) is 8.15. The molecule has 1 aromatic rings. The summed E-state index contributed by atoms with van der Waals surface area (Å²) >= 11 is 6.22. The van der Waals surface area contributed by atoms with E-state index in [9.17, 15) is 0 Å². The molecule has 0 aromatic carbocycles. The summed E-state index contributed by atoms with van der Waals surface area (Å²) in [5.41, 5.74) is 0.867. The Kier molecular flexibility index (Phi) is 6.31. The van der Waals surface area contributed by atoms with E-state index in [1.165, 1.54) is 25.7 Å². The summed E-state index contributed by atoms with van der Waals surface area (Å²) in [4.78, 5) is 4.59. The van der Waals surface area contributed by atoms with Gasteiger partial charge in [-0.25, -0.2) is 4.98 Å². The maximum absolute atomic E-state index is 6.22. The zero-order valence-corrected chi connectivity index (χ0v) is 14.1. The Labute approximate surface area is 133 Å². The number of halogens is 1. The third-order valence-electron chi connectivity index (χ3n) is 4.21. The van der Waals surface area contributed by atoms with Crippen molar-refractivity contribution in [2.24, 2.45) is 5.92 Å². The van der Waals surface area contributed by atoms with Gasteiger partial charge in [0.15, 0.2) is 0 Å². The lowest BCUT2D eigenvalue weighted by molar-refractivity contribution is 0.0856. The van der Waals surface area contributed by atoms with Gasteiger partial charge < -0.3 is 10.1 Å². The smallest absolute Gasteiger partial charge is 0.213 e. The predicted octanol–water partition coefficient (Wildman–Crippen LogP) is 4.58. The average molecular weight is 311 g/mol. The molecule has 2 unspecified atom stereocenters. The summed E-state index contributed by atoms with van der Waals surface area (Å²) in [5, 5.41) is 4.05. The first kappa shape index (κ1) is 16.6. The van der Waals surface area contributed by atoms with Crippen LogP contribution in [0, 0.1) is 5.92 Å². The van der Waals surface area contributed by atoms with E-state index in [1.807, 2.05) is 12.1 Å². The van der Waals surface area contributed by atoms with Crippen LogP contribution in [0.4, 0.5) is 0 Å². The van der Waals surface area contributed by atoms with Crippen molar-refractivity contribution < 1.29 is 4.74 Å². The molecule has 4 heteroatoms. The highest BCUT2D eigenvalue weighted by Crippen LogP contribution is 2.30. The van der Waals surface area contributed by atoms with Gasteiger partial charge in [-0.3, -0.25) is 0 Å². The van der Waals surface area contributed by atoms with Gasteiger partial charge in [0.05, 0.1) is 10.7 Å². The molecule has 1 aliphatic carbocycles. The van der Waals surface area contributed by atoms with Crippen LogP contribution in [0.15, 0.2) is 12.1 Å². The van der Waals surface area contributed by atoms with Gasteiger partial charge in [-0.05, 0) is 37.7 Å². The van der Waals surface area contributed by atoms with Crippen LogP contribution in [-0.4, -0.2) is 17.1 Å². The van der Waals surface area contributed by atoms with Crippen LogP contribution < -0.4 is 10.1 Å². The van der Waals surface area contributed by atoms with Crippen molar-refractivity contribution in [2.45, 2.75) is 71.6 Å². The molecule has 1 fully saturated rings. The SMILES string of the molecule is CCC1CCCCC1Oc1ccc(Cl)c(CNC(C)C)n1. The number of hydrogen-bond acceptors (Lipinski definition) is 3. The van der Waals surface area contributed by atoms with Crippen LogP contribution in [-0.2, 0) is 6.54 Å².